The average Bonchev–Trinajstić information content (AvgIpc) is 3.52. The van der Waals surface area contributed by atoms with E-state index in [-0.39, 0.29) is 36.9 Å². The van der Waals surface area contributed by atoms with Crippen molar-refractivity contribution in [3.63, 3.8) is 0 Å². The number of benzene rings is 4. The minimum absolute atomic E-state index is 0.00284. The molecule has 0 radical (unpaired) electrons. The standard InChI is InChI=1S/C38H43N3O5/c1-26-35(24-41-19-18-34(43)23-41)45-37(46-36(26)31-12-10-28(25-42)11-13-31)32-16-14-30(15-17-32)33-9-5-8-29(20-33)22-40-38(44)39-21-27-6-3-2-4-7-27/h2-17,20,26,34-37,42-43H,18-19,21-25H2,1H3,(H2,39,40,44). The Morgan fingerprint density at radius 3 is 2.20 bits per heavy atom. The number of amides is 2. The Hall–Kier alpha value is -4.05. The number of β-amino-alcohol motifs (C(OH)–C–C–N with tert-alkyl or cyclic N) is 1. The van der Waals surface area contributed by atoms with Crippen LogP contribution in [0.4, 0.5) is 4.79 Å². The van der Waals surface area contributed by atoms with Crippen molar-refractivity contribution >= 4 is 6.03 Å². The lowest BCUT2D eigenvalue weighted by atomic mass is 9.90. The summed E-state index contributed by atoms with van der Waals surface area (Å²) in [5, 5.41) is 25.5. The third-order valence-corrected chi connectivity index (χ3v) is 9.00. The highest BCUT2D eigenvalue weighted by Gasteiger charge is 2.39. The van der Waals surface area contributed by atoms with E-state index in [4.69, 9.17) is 9.47 Å². The number of carbonyl (C=O) groups is 1. The molecule has 2 heterocycles. The fourth-order valence-electron chi connectivity index (χ4n) is 6.28. The van der Waals surface area contributed by atoms with E-state index in [9.17, 15) is 15.0 Å². The van der Waals surface area contributed by atoms with Gasteiger partial charge < -0.3 is 30.3 Å². The first-order valence-electron chi connectivity index (χ1n) is 16.1. The zero-order valence-corrected chi connectivity index (χ0v) is 26.2. The first-order valence-corrected chi connectivity index (χ1v) is 16.1. The molecule has 5 atom stereocenters. The molecule has 6 rings (SSSR count). The van der Waals surface area contributed by atoms with Crippen molar-refractivity contribution in [1.82, 2.24) is 15.5 Å². The minimum atomic E-state index is -0.546. The molecule has 2 aliphatic heterocycles. The zero-order valence-electron chi connectivity index (χ0n) is 26.2. The van der Waals surface area contributed by atoms with Crippen LogP contribution >= 0.6 is 0 Å². The predicted molar refractivity (Wildman–Crippen MR) is 177 cm³/mol. The van der Waals surface area contributed by atoms with Crippen molar-refractivity contribution in [2.75, 3.05) is 19.6 Å². The molecule has 2 fully saturated rings. The number of hydrogen-bond donors (Lipinski definition) is 4. The lowest BCUT2D eigenvalue weighted by Crippen LogP contribution is -2.44. The lowest BCUT2D eigenvalue weighted by Gasteiger charge is -2.42. The summed E-state index contributed by atoms with van der Waals surface area (Å²) in [7, 11) is 0. The Balaban J connectivity index is 1.13. The smallest absolute Gasteiger partial charge is 0.315 e. The van der Waals surface area contributed by atoms with Crippen molar-refractivity contribution in [3.05, 3.63) is 131 Å². The maximum absolute atomic E-state index is 12.4. The molecule has 4 aromatic rings. The molecule has 0 aromatic heterocycles. The van der Waals surface area contributed by atoms with E-state index in [1.54, 1.807) is 0 Å². The van der Waals surface area contributed by atoms with Crippen LogP contribution in [0.25, 0.3) is 11.1 Å². The van der Waals surface area contributed by atoms with Crippen LogP contribution in [0, 0.1) is 5.92 Å². The molecule has 5 unspecified atom stereocenters. The molecule has 8 heteroatoms. The second-order valence-corrected chi connectivity index (χ2v) is 12.4. The van der Waals surface area contributed by atoms with Gasteiger partial charge in [-0.3, -0.25) is 4.90 Å². The molecule has 8 nitrogen and oxygen atoms in total. The molecule has 0 saturated carbocycles. The molecule has 0 spiro atoms. The predicted octanol–water partition coefficient (Wildman–Crippen LogP) is 5.70. The second-order valence-electron chi connectivity index (χ2n) is 12.4. The molecule has 46 heavy (non-hydrogen) atoms. The number of aliphatic hydroxyl groups is 2. The van der Waals surface area contributed by atoms with Crippen molar-refractivity contribution in [1.29, 1.82) is 0 Å². The number of nitrogens with zero attached hydrogens (tertiary/aromatic N) is 1. The van der Waals surface area contributed by atoms with Gasteiger partial charge in [0.05, 0.1) is 24.9 Å². The number of likely N-dealkylation sites (tertiary alicyclic amines) is 1. The molecule has 2 aliphatic rings. The first-order chi connectivity index (χ1) is 22.4. The number of ether oxygens (including phenoxy) is 2. The highest BCUT2D eigenvalue weighted by molar-refractivity contribution is 5.74. The SMILES string of the molecule is CC1C(CN2CCC(O)C2)OC(c2ccc(-c3cccc(CNC(=O)NCc4ccccc4)c3)cc2)OC1c1ccc(CO)cc1. The van der Waals surface area contributed by atoms with Gasteiger partial charge in [0.15, 0.2) is 6.29 Å². The van der Waals surface area contributed by atoms with Gasteiger partial charge in [-0.2, -0.15) is 0 Å². The summed E-state index contributed by atoms with van der Waals surface area (Å²) in [5.74, 6) is 0.0880. The maximum atomic E-state index is 12.4. The molecular formula is C38H43N3O5. The third kappa shape index (κ3) is 8.02. The largest absolute Gasteiger partial charge is 0.392 e. The summed E-state index contributed by atoms with van der Waals surface area (Å²) in [5.41, 5.74) is 7.03. The van der Waals surface area contributed by atoms with E-state index in [2.05, 4.69) is 58.9 Å². The third-order valence-electron chi connectivity index (χ3n) is 9.00. The zero-order chi connectivity index (χ0) is 31.9. The van der Waals surface area contributed by atoms with Gasteiger partial charge in [-0.15, -0.1) is 0 Å². The van der Waals surface area contributed by atoms with Crippen molar-refractivity contribution in [2.24, 2.45) is 5.92 Å². The van der Waals surface area contributed by atoms with Gasteiger partial charge in [0.25, 0.3) is 0 Å². The van der Waals surface area contributed by atoms with E-state index in [0.717, 1.165) is 58.5 Å². The Labute approximate surface area is 271 Å². The normalized spacial score (nSPS) is 23.2. The van der Waals surface area contributed by atoms with E-state index < -0.39 is 6.29 Å². The van der Waals surface area contributed by atoms with Crippen molar-refractivity contribution in [3.8, 4) is 11.1 Å². The summed E-state index contributed by atoms with van der Waals surface area (Å²) >= 11 is 0. The Bertz CT molecular complexity index is 1560. The van der Waals surface area contributed by atoms with Crippen LogP contribution in [0.3, 0.4) is 0 Å². The molecular weight excluding hydrogens is 578 g/mol. The number of rotatable bonds is 10. The quantitative estimate of drug-likeness (QED) is 0.181. The minimum Gasteiger partial charge on any atom is -0.392 e. The summed E-state index contributed by atoms with van der Waals surface area (Å²) in [4.78, 5) is 14.6. The van der Waals surface area contributed by atoms with Crippen LogP contribution in [-0.2, 0) is 29.2 Å². The fraction of sp³-hybridized carbons (Fsp3) is 0.342. The van der Waals surface area contributed by atoms with Gasteiger partial charge in [-0.1, -0.05) is 104 Å². The van der Waals surface area contributed by atoms with E-state index >= 15 is 0 Å². The first kappa shape index (κ1) is 31.9. The molecule has 0 bridgehead atoms. The molecule has 4 N–H and O–H groups in total. The van der Waals surface area contributed by atoms with Crippen LogP contribution in [0.15, 0.2) is 103 Å². The van der Waals surface area contributed by atoms with Gasteiger partial charge >= 0.3 is 6.03 Å². The summed E-state index contributed by atoms with van der Waals surface area (Å²) in [6.45, 7) is 5.31. The Kier molecular flexibility index (Phi) is 10.4. The number of carbonyl (C=O) groups excluding carboxylic acids is 1. The molecule has 4 aromatic carbocycles. The number of hydrogen-bond acceptors (Lipinski definition) is 6. The molecule has 2 amide bonds. The van der Waals surface area contributed by atoms with Crippen molar-refractivity contribution < 1.29 is 24.5 Å². The molecule has 2 saturated heterocycles. The van der Waals surface area contributed by atoms with Gasteiger partial charge in [0.2, 0.25) is 0 Å². The Morgan fingerprint density at radius 1 is 0.804 bits per heavy atom. The summed E-state index contributed by atoms with van der Waals surface area (Å²) in [6, 6.07) is 34.0. The molecule has 0 aliphatic carbocycles. The van der Waals surface area contributed by atoms with E-state index in [1.165, 1.54) is 0 Å². The highest BCUT2D eigenvalue weighted by Crippen LogP contribution is 2.42. The van der Waals surface area contributed by atoms with E-state index in [0.29, 0.717) is 19.6 Å². The van der Waals surface area contributed by atoms with E-state index in [1.807, 2.05) is 66.7 Å². The molecule has 240 valence electrons. The average molecular weight is 622 g/mol. The Morgan fingerprint density at radius 2 is 1.50 bits per heavy atom. The van der Waals surface area contributed by atoms with Gasteiger partial charge in [0, 0.05) is 44.2 Å². The van der Waals surface area contributed by atoms with Crippen molar-refractivity contribution in [2.45, 2.75) is 57.6 Å². The second kappa shape index (κ2) is 15.0. The number of nitrogens with one attached hydrogen (secondary N) is 2. The van der Waals surface area contributed by atoms with Gasteiger partial charge in [-0.25, -0.2) is 4.79 Å². The monoisotopic (exact) mass is 621 g/mol. The fourth-order valence-corrected chi connectivity index (χ4v) is 6.28. The van der Waals surface area contributed by atoms with Crippen LogP contribution in [0.2, 0.25) is 0 Å². The topological polar surface area (TPSA) is 103 Å². The lowest BCUT2D eigenvalue weighted by molar-refractivity contribution is -0.276. The number of aliphatic hydroxyl groups excluding tert-OH is 2. The van der Waals surface area contributed by atoms with Gasteiger partial charge in [0.1, 0.15) is 0 Å². The van der Waals surface area contributed by atoms with Crippen LogP contribution in [-0.4, -0.2) is 53.0 Å². The highest BCUT2D eigenvalue weighted by atomic mass is 16.7. The number of urea groups is 1. The summed E-state index contributed by atoms with van der Waals surface area (Å²) < 4.78 is 13.2. The maximum Gasteiger partial charge on any atom is 0.315 e. The van der Waals surface area contributed by atoms with Gasteiger partial charge in [-0.05, 0) is 45.9 Å². The van der Waals surface area contributed by atoms with Crippen LogP contribution < -0.4 is 10.6 Å². The van der Waals surface area contributed by atoms with Crippen LogP contribution in [0.1, 0.15) is 53.6 Å². The summed E-state index contributed by atoms with van der Waals surface area (Å²) in [6.07, 6.45) is -0.313. The van der Waals surface area contributed by atoms with Crippen LogP contribution in [0.5, 0.6) is 0 Å².